The van der Waals surface area contributed by atoms with Crippen LogP contribution in [-0.4, -0.2) is 16.8 Å². The van der Waals surface area contributed by atoms with E-state index in [2.05, 4.69) is 10.3 Å². The van der Waals surface area contributed by atoms with Gasteiger partial charge in [0.25, 0.3) is 5.91 Å². The van der Waals surface area contributed by atoms with Crippen molar-refractivity contribution >= 4 is 28.8 Å². The summed E-state index contributed by atoms with van der Waals surface area (Å²) in [6, 6.07) is 8.93. The lowest BCUT2D eigenvalue weighted by molar-refractivity contribution is 0.0995. The van der Waals surface area contributed by atoms with Gasteiger partial charge in [-0.1, -0.05) is 0 Å². The van der Waals surface area contributed by atoms with E-state index < -0.39 is 17.6 Å². The molecule has 0 aliphatic carbocycles. The van der Waals surface area contributed by atoms with Crippen molar-refractivity contribution in [3.63, 3.8) is 0 Å². The molecule has 0 aliphatic rings. The number of halogens is 1. The van der Waals surface area contributed by atoms with Gasteiger partial charge in [-0.25, -0.2) is 9.37 Å². The topological polar surface area (TPSA) is 94.3 Å². The molecule has 2 amide bonds. The number of carbonyl (C=O) groups is 2. The summed E-state index contributed by atoms with van der Waals surface area (Å²) in [5, 5.41) is 5.51. The van der Waals surface area contributed by atoms with Crippen molar-refractivity contribution in [1.29, 1.82) is 0 Å². The molecule has 3 rings (SSSR count). The highest BCUT2D eigenvalue weighted by Gasteiger charge is 2.14. The second-order valence-electron chi connectivity index (χ2n) is 6.12. The number of aromatic nitrogens is 1. The molecule has 0 bridgehead atoms. The zero-order valence-corrected chi connectivity index (χ0v) is 16.1. The number of hydrogen-bond donors (Lipinski definition) is 2. The Bertz CT molecular complexity index is 1030. The Morgan fingerprint density at radius 2 is 1.89 bits per heavy atom. The minimum absolute atomic E-state index is 0.0144. The minimum atomic E-state index is -0.772. The molecule has 0 spiro atoms. The number of rotatable bonds is 6. The van der Waals surface area contributed by atoms with Crippen LogP contribution in [0.3, 0.4) is 0 Å². The van der Waals surface area contributed by atoms with Gasteiger partial charge in [0.15, 0.2) is 0 Å². The lowest BCUT2D eigenvalue weighted by Gasteiger charge is -2.11. The van der Waals surface area contributed by atoms with Gasteiger partial charge >= 0.3 is 0 Å². The van der Waals surface area contributed by atoms with Crippen LogP contribution >= 0.6 is 11.3 Å². The number of benzene rings is 2. The molecule has 3 aromatic rings. The summed E-state index contributed by atoms with van der Waals surface area (Å²) < 4.78 is 19.6. The number of nitrogens with zero attached hydrogens (tertiary/aromatic N) is 1. The number of primary amides is 1. The smallest absolute Gasteiger partial charge is 0.255 e. The molecule has 3 N–H and O–H groups in total. The number of ether oxygens (including phenoxy) is 1. The molecule has 0 radical (unpaired) electrons. The van der Waals surface area contributed by atoms with Gasteiger partial charge in [-0.3, -0.25) is 9.59 Å². The highest BCUT2D eigenvalue weighted by molar-refractivity contribution is 7.09. The van der Waals surface area contributed by atoms with Gasteiger partial charge in [0.1, 0.15) is 18.2 Å². The van der Waals surface area contributed by atoms with Crippen LogP contribution < -0.4 is 15.8 Å². The first-order chi connectivity index (χ1) is 13.3. The molecule has 28 heavy (non-hydrogen) atoms. The van der Waals surface area contributed by atoms with Crippen LogP contribution in [0, 0.1) is 19.7 Å². The van der Waals surface area contributed by atoms with Crippen LogP contribution in [0.2, 0.25) is 0 Å². The summed E-state index contributed by atoms with van der Waals surface area (Å²) in [4.78, 5) is 28.1. The zero-order valence-electron chi connectivity index (χ0n) is 15.3. The SMILES string of the molecule is Cc1nc(COc2ccc(C(=O)Nc3cc(C(N)=O)cc(F)c3C)cc2)cs1. The molecule has 0 atom stereocenters. The molecule has 2 aromatic carbocycles. The van der Waals surface area contributed by atoms with Crippen molar-refractivity contribution in [1.82, 2.24) is 4.98 Å². The lowest BCUT2D eigenvalue weighted by atomic mass is 10.1. The van der Waals surface area contributed by atoms with Gasteiger partial charge in [0.05, 0.1) is 10.7 Å². The normalized spacial score (nSPS) is 10.5. The van der Waals surface area contributed by atoms with Crippen molar-refractivity contribution in [2.24, 2.45) is 5.73 Å². The van der Waals surface area contributed by atoms with Crippen molar-refractivity contribution in [2.75, 3.05) is 5.32 Å². The van der Waals surface area contributed by atoms with Gasteiger partial charge in [-0.2, -0.15) is 0 Å². The first-order valence-corrected chi connectivity index (χ1v) is 9.26. The molecule has 8 heteroatoms. The van der Waals surface area contributed by atoms with Crippen LogP contribution in [0.15, 0.2) is 41.8 Å². The number of nitrogens with one attached hydrogen (secondary N) is 1. The number of anilines is 1. The standard InChI is InChI=1S/C20H18FN3O3S/c1-11-17(21)7-14(19(22)25)8-18(11)24-20(26)13-3-5-16(6-4-13)27-9-15-10-28-12(2)23-15/h3-8,10H,9H2,1-2H3,(H2,22,25)(H,24,26). The molecule has 0 fully saturated rings. The number of thiazole rings is 1. The summed E-state index contributed by atoms with van der Waals surface area (Å²) in [6.07, 6.45) is 0. The van der Waals surface area contributed by atoms with E-state index in [0.29, 0.717) is 17.9 Å². The van der Waals surface area contributed by atoms with Crippen LogP contribution in [0.25, 0.3) is 0 Å². The summed E-state index contributed by atoms with van der Waals surface area (Å²) >= 11 is 1.55. The molecule has 0 saturated heterocycles. The van der Waals surface area contributed by atoms with E-state index in [0.717, 1.165) is 16.8 Å². The minimum Gasteiger partial charge on any atom is -0.487 e. The van der Waals surface area contributed by atoms with E-state index >= 15 is 0 Å². The Morgan fingerprint density at radius 1 is 1.18 bits per heavy atom. The zero-order chi connectivity index (χ0) is 20.3. The van der Waals surface area contributed by atoms with Gasteiger partial charge < -0.3 is 15.8 Å². The van der Waals surface area contributed by atoms with Crippen LogP contribution in [-0.2, 0) is 6.61 Å². The molecular weight excluding hydrogens is 381 g/mol. The largest absolute Gasteiger partial charge is 0.487 e. The third-order valence-electron chi connectivity index (χ3n) is 4.05. The van der Waals surface area contributed by atoms with E-state index in [-0.39, 0.29) is 16.8 Å². The Balaban J connectivity index is 1.69. The summed E-state index contributed by atoms with van der Waals surface area (Å²) in [6.45, 7) is 3.77. The maximum Gasteiger partial charge on any atom is 0.255 e. The third kappa shape index (κ3) is 4.52. The molecule has 1 aromatic heterocycles. The average Bonchev–Trinajstić information content (AvgIpc) is 3.09. The fourth-order valence-electron chi connectivity index (χ4n) is 2.48. The van der Waals surface area contributed by atoms with Crippen molar-refractivity contribution in [3.8, 4) is 5.75 Å². The highest BCUT2D eigenvalue weighted by atomic mass is 32.1. The second-order valence-corrected chi connectivity index (χ2v) is 7.18. The van der Waals surface area contributed by atoms with E-state index in [1.807, 2.05) is 12.3 Å². The third-order valence-corrected chi connectivity index (χ3v) is 4.87. The first-order valence-electron chi connectivity index (χ1n) is 8.38. The molecule has 0 saturated carbocycles. The monoisotopic (exact) mass is 399 g/mol. The number of aryl methyl sites for hydroxylation is 1. The summed E-state index contributed by atoms with van der Waals surface area (Å²) in [7, 11) is 0. The molecule has 6 nitrogen and oxygen atoms in total. The van der Waals surface area contributed by atoms with Gasteiger partial charge in [-0.05, 0) is 50.2 Å². The van der Waals surface area contributed by atoms with Crippen LogP contribution in [0.5, 0.6) is 5.75 Å². The van der Waals surface area contributed by atoms with Gasteiger partial charge in [-0.15, -0.1) is 11.3 Å². The first kappa shape index (κ1) is 19.5. The van der Waals surface area contributed by atoms with Crippen LogP contribution in [0.4, 0.5) is 10.1 Å². The number of hydrogen-bond acceptors (Lipinski definition) is 5. The maximum atomic E-state index is 14.0. The Labute approximate surface area is 165 Å². The fraction of sp³-hybridized carbons (Fsp3) is 0.150. The quantitative estimate of drug-likeness (QED) is 0.659. The molecular formula is C20H18FN3O3S. The van der Waals surface area contributed by atoms with Gasteiger partial charge in [0, 0.05) is 27.8 Å². The maximum absolute atomic E-state index is 14.0. The number of carbonyl (C=O) groups excluding carboxylic acids is 2. The predicted molar refractivity (Wildman–Crippen MR) is 105 cm³/mol. The molecule has 0 unspecified atom stereocenters. The fourth-order valence-corrected chi connectivity index (χ4v) is 3.08. The van der Waals surface area contributed by atoms with Crippen molar-refractivity contribution in [3.05, 3.63) is 75.0 Å². The second kappa shape index (κ2) is 8.18. The van der Waals surface area contributed by atoms with E-state index in [4.69, 9.17) is 10.5 Å². The van der Waals surface area contributed by atoms with E-state index in [1.165, 1.54) is 13.0 Å². The molecule has 0 aliphatic heterocycles. The Kier molecular flexibility index (Phi) is 5.70. The number of amides is 2. The average molecular weight is 399 g/mol. The predicted octanol–water partition coefficient (Wildman–Crippen LogP) is 3.83. The Morgan fingerprint density at radius 3 is 2.50 bits per heavy atom. The van der Waals surface area contributed by atoms with Crippen LogP contribution in [0.1, 0.15) is 37.0 Å². The summed E-state index contributed by atoms with van der Waals surface area (Å²) in [5.74, 6) is -1.23. The number of nitrogens with two attached hydrogens (primary N) is 1. The lowest BCUT2D eigenvalue weighted by Crippen LogP contribution is -2.16. The van der Waals surface area contributed by atoms with Gasteiger partial charge in [0.2, 0.25) is 5.91 Å². The Hall–Kier alpha value is -3.26. The molecule has 144 valence electrons. The highest BCUT2D eigenvalue weighted by Crippen LogP contribution is 2.22. The van der Waals surface area contributed by atoms with E-state index in [9.17, 15) is 14.0 Å². The molecule has 1 heterocycles. The summed E-state index contributed by atoms with van der Waals surface area (Å²) in [5.41, 5.74) is 6.80. The van der Waals surface area contributed by atoms with Crippen molar-refractivity contribution < 1.29 is 18.7 Å². The van der Waals surface area contributed by atoms with E-state index in [1.54, 1.807) is 35.6 Å². The van der Waals surface area contributed by atoms with Crippen molar-refractivity contribution in [2.45, 2.75) is 20.5 Å².